The average Bonchev–Trinajstić information content (AvgIpc) is 3.30. The maximum atomic E-state index is 13.6. The number of rotatable bonds is 3. The van der Waals surface area contributed by atoms with E-state index >= 15 is 0 Å². The van der Waals surface area contributed by atoms with Crippen LogP contribution >= 0.6 is 11.3 Å². The molecule has 156 valence electrons. The van der Waals surface area contributed by atoms with E-state index in [9.17, 15) is 9.59 Å². The number of hydrogen-bond donors (Lipinski definition) is 0. The molecule has 0 radical (unpaired) electrons. The highest BCUT2D eigenvalue weighted by Crippen LogP contribution is 2.48. The molecule has 2 heterocycles. The van der Waals surface area contributed by atoms with Crippen LogP contribution in [-0.4, -0.2) is 11.7 Å². The lowest BCUT2D eigenvalue weighted by atomic mass is 9.74. The monoisotopic (exact) mass is 427 g/mol. The SMILES string of the molecule is Cc1cccc(C)c1N1C(=O)CC(c2cccs2)C2=C1CC(c1ccccc1)CC2=O. The highest BCUT2D eigenvalue weighted by Gasteiger charge is 2.43. The molecule has 2 unspecified atom stereocenters. The zero-order valence-electron chi connectivity index (χ0n) is 17.8. The summed E-state index contributed by atoms with van der Waals surface area (Å²) in [6.07, 6.45) is 1.54. The van der Waals surface area contributed by atoms with Crippen molar-refractivity contribution in [3.05, 3.63) is 98.9 Å². The van der Waals surface area contributed by atoms with Crippen LogP contribution in [0.2, 0.25) is 0 Å². The standard InChI is InChI=1S/C27H25NO2S/c1-17-8-6-9-18(2)27(17)28-22-14-20(19-10-4-3-5-11-19)15-23(29)26(22)21(16-25(28)30)24-12-7-13-31-24/h3-13,20-21H,14-16H2,1-2H3. The number of thiophene rings is 1. The number of allylic oxidation sites excluding steroid dienone is 2. The Balaban J connectivity index is 1.69. The van der Waals surface area contributed by atoms with E-state index in [4.69, 9.17) is 0 Å². The van der Waals surface area contributed by atoms with Gasteiger partial charge in [-0.05, 0) is 54.3 Å². The highest BCUT2D eigenvalue weighted by atomic mass is 32.1. The second-order valence-corrected chi connectivity index (χ2v) is 9.52. The number of amides is 1. The molecule has 1 aliphatic heterocycles. The van der Waals surface area contributed by atoms with Crippen molar-refractivity contribution >= 4 is 28.7 Å². The summed E-state index contributed by atoms with van der Waals surface area (Å²) >= 11 is 1.63. The van der Waals surface area contributed by atoms with Gasteiger partial charge in [0.1, 0.15) is 0 Å². The molecule has 31 heavy (non-hydrogen) atoms. The fourth-order valence-corrected chi connectivity index (χ4v) is 5.98. The van der Waals surface area contributed by atoms with Gasteiger partial charge >= 0.3 is 0 Å². The molecular weight excluding hydrogens is 402 g/mol. The highest BCUT2D eigenvalue weighted by molar-refractivity contribution is 7.10. The largest absolute Gasteiger partial charge is 0.294 e. The zero-order valence-corrected chi connectivity index (χ0v) is 18.6. The Hall–Kier alpha value is -2.98. The first-order valence-corrected chi connectivity index (χ1v) is 11.7. The summed E-state index contributed by atoms with van der Waals surface area (Å²) < 4.78 is 0. The summed E-state index contributed by atoms with van der Waals surface area (Å²) in [7, 11) is 0. The van der Waals surface area contributed by atoms with Crippen molar-refractivity contribution in [3.8, 4) is 0 Å². The van der Waals surface area contributed by atoms with Crippen LogP contribution in [0.5, 0.6) is 0 Å². The predicted molar refractivity (Wildman–Crippen MR) is 126 cm³/mol. The van der Waals surface area contributed by atoms with E-state index < -0.39 is 0 Å². The second kappa shape index (κ2) is 7.93. The Morgan fingerprint density at radius 1 is 0.839 bits per heavy atom. The maximum absolute atomic E-state index is 13.6. The minimum Gasteiger partial charge on any atom is -0.294 e. The first kappa shape index (κ1) is 20.0. The van der Waals surface area contributed by atoms with Crippen molar-refractivity contribution < 1.29 is 9.59 Å². The number of carbonyl (C=O) groups is 2. The Morgan fingerprint density at radius 3 is 2.26 bits per heavy atom. The third-order valence-electron chi connectivity index (χ3n) is 6.55. The molecule has 2 atom stereocenters. The second-order valence-electron chi connectivity index (χ2n) is 8.54. The fourth-order valence-electron chi connectivity index (χ4n) is 5.15. The van der Waals surface area contributed by atoms with Gasteiger partial charge in [-0.2, -0.15) is 0 Å². The van der Waals surface area contributed by atoms with E-state index in [1.54, 1.807) is 11.3 Å². The van der Waals surface area contributed by atoms with Crippen LogP contribution in [0, 0.1) is 13.8 Å². The number of para-hydroxylation sites is 1. The molecule has 0 fully saturated rings. The lowest BCUT2D eigenvalue weighted by Crippen LogP contribution is -2.42. The first-order valence-electron chi connectivity index (χ1n) is 10.8. The molecule has 0 bridgehead atoms. The molecule has 3 nitrogen and oxygen atoms in total. The quantitative estimate of drug-likeness (QED) is 0.493. The van der Waals surface area contributed by atoms with Crippen molar-refractivity contribution in [2.24, 2.45) is 0 Å². The number of nitrogens with zero attached hydrogens (tertiary/aromatic N) is 1. The Bertz CT molecular complexity index is 1160. The topological polar surface area (TPSA) is 37.4 Å². The van der Waals surface area contributed by atoms with Gasteiger partial charge in [0.15, 0.2) is 5.78 Å². The number of benzene rings is 2. The molecule has 0 saturated carbocycles. The molecule has 4 heteroatoms. The number of carbonyl (C=O) groups excluding carboxylic acids is 2. The summed E-state index contributed by atoms with van der Waals surface area (Å²) in [5, 5.41) is 2.03. The summed E-state index contributed by atoms with van der Waals surface area (Å²) in [5.41, 5.74) is 5.96. The van der Waals surface area contributed by atoms with Crippen LogP contribution in [0.3, 0.4) is 0 Å². The molecule has 1 aromatic heterocycles. The summed E-state index contributed by atoms with van der Waals surface area (Å²) in [6.45, 7) is 4.08. The lowest BCUT2D eigenvalue weighted by Gasteiger charge is -2.41. The van der Waals surface area contributed by atoms with E-state index in [0.717, 1.165) is 38.5 Å². The van der Waals surface area contributed by atoms with Crippen molar-refractivity contribution in [1.29, 1.82) is 0 Å². The maximum Gasteiger partial charge on any atom is 0.232 e. The van der Waals surface area contributed by atoms with Crippen molar-refractivity contribution in [1.82, 2.24) is 0 Å². The minimum atomic E-state index is -0.132. The van der Waals surface area contributed by atoms with Crippen LogP contribution < -0.4 is 4.90 Å². The smallest absolute Gasteiger partial charge is 0.232 e. The van der Waals surface area contributed by atoms with E-state index in [1.807, 2.05) is 66.6 Å². The van der Waals surface area contributed by atoms with Gasteiger partial charge in [-0.15, -0.1) is 11.3 Å². The van der Waals surface area contributed by atoms with Crippen molar-refractivity contribution in [3.63, 3.8) is 0 Å². The van der Waals surface area contributed by atoms with Gasteiger partial charge in [-0.25, -0.2) is 0 Å². The predicted octanol–water partition coefficient (Wildman–Crippen LogP) is 6.29. The molecule has 1 amide bonds. The van der Waals surface area contributed by atoms with Gasteiger partial charge in [0.25, 0.3) is 0 Å². The van der Waals surface area contributed by atoms with Crippen molar-refractivity contribution in [2.75, 3.05) is 4.90 Å². The normalized spacial score (nSPS) is 21.4. The molecule has 2 aromatic carbocycles. The van der Waals surface area contributed by atoms with E-state index in [2.05, 4.69) is 18.2 Å². The number of aryl methyl sites for hydroxylation is 2. The molecule has 1 aliphatic carbocycles. The van der Waals surface area contributed by atoms with Gasteiger partial charge in [-0.1, -0.05) is 54.6 Å². The minimum absolute atomic E-state index is 0.0797. The molecule has 3 aromatic rings. The summed E-state index contributed by atoms with van der Waals surface area (Å²) in [6, 6.07) is 20.4. The molecule has 0 spiro atoms. The average molecular weight is 428 g/mol. The fraction of sp³-hybridized carbons (Fsp3) is 0.259. The molecule has 5 rings (SSSR count). The summed E-state index contributed by atoms with van der Waals surface area (Å²) in [4.78, 5) is 30.2. The molecule has 0 N–H and O–H groups in total. The van der Waals surface area contributed by atoms with Gasteiger partial charge < -0.3 is 0 Å². The van der Waals surface area contributed by atoms with Crippen LogP contribution in [-0.2, 0) is 9.59 Å². The van der Waals surface area contributed by atoms with Crippen LogP contribution in [0.1, 0.15) is 52.7 Å². The summed E-state index contributed by atoms with van der Waals surface area (Å²) in [5.74, 6) is 0.217. The van der Waals surface area contributed by atoms with Gasteiger partial charge in [0.2, 0.25) is 5.91 Å². The molecule has 2 aliphatic rings. The Labute approximate surface area is 187 Å². The van der Waals surface area contributed by atoms with Gasteiger partial charge in [0.05, 0.1) is 5.69 Å². The number of Topliss-reactive ketones (excluding diaryl/α,β-unsaturated/α-hetero) is 1. The Morgan fingerprint density at radius 2 is 1.58 bits per heavy atom. The van der Waals surface area contributed by atoms with Crippen molar-refractivity contribution in [2.45, 2.75) is 44.9 Å². The van der Waals surface area contributed by atoms with Gasteiger partial charge in [0, 0.05) is 34.9 Å². The van der Waals surface area contributed by atoms with E-state index in [1.165, 1.54) is 0 Å². The lowest BCUT2D eigenvalue weighted by molar-refractivity contribution is -0.120. The molecule has 0 saturated heterocycles. The van der Waals surface area contributed by atoms with Crippen LogP contribution in [0.4, 0.5) is 5.69 Å². The number of hydrogen-bond acceptors (Lipinski definition) is 3. The zero-order chi connectivity index (χ0) is 21.5. The van der Waals surface area contributed by atoms with Gasteiger partial charge in [-0.3, -0.25) is 14.5 Å². The van der Waals surface area contributed by atoms with E-state index in [0.29, 0.717) is 19.3 Å². The van der Waals surface area contributed by atoms with Crippen LogP contribution in [0.15, 0.2) is 77.3 Å². The Kier molecular flexibility index (Phi) is 5.11. The number of anilines is 1. The number of ketones is 1. The third-order valence-corrected chi connectivity index (χ3v) is 7.54. The first-order chi connectivity index (χ1) is 15.0. The third kappa shape index (κ3) is 3.45. The van der Waals surface area contributed by atoms with Crippen LogP contribution in [0.25, 0.3) is 0 Å². The van der Waals surface area contributed by atoms with E-state index in [-0.39, 0.29) is 23.5 Å². The molecular formula is C27H25NO2S.